The number of phenolic OH excluding ortho intramolecular Hbond substituents is 1. The number of aliphatic hydroxyl groups is 1. The van der Waals surface area contributed by atoms with E-state index in [0.29, 0.717) is 0 Å². The molecule has 0 saturated heterocycles. The van der Waals surface area contributed by atoms with Crippen molar-refractivity contribution >= 4 is 22.0 Å². The van der Waals surface area contributed by atoms with Gasteiger partial charge in [0.05, 0.1) is 17.6 Å². The molecular formula is C22H19F4N3O3. The number of hydrogen-bond acceptors (Lipinski definition) is 5. The Balaban J connectivity index is 1.98. The second-order valence-corrected chi connectivity index (χ2v) is 7.69. The zero-order valence-electron chi connectivity index (χ0n) is 17.0. The molecule has 0 fully saturated rings. The van der Waals surface area contributed by atoms with E-state index in [1.54, 1.807) is 0 Å². The van der Waals surface area contributed by atoms with Gasteiger partial charge in [-0.2, -0.15) is 18.3 Å². The summed E-state index contributed by atoms with van der Waals surface area (Å²) in [6.07, 6.45) is -3.34. The lowest BCUT2D eigenvalue weighted by atomic mass is 9.72. The Labute approximate surface area is 179 Å². The van der Waals surface area contributed by atoms with Crippen LogP contribution in [0.25, 0.3) is 16.3 Å². The number of nitrogens with one attached hydrogen (secondary N) is 1. The molecule has 0 radical (unpaired) electrons. The van der Waals surface area contributed by atoms with Crippen molar-refractivity contribution in [3.05, 3.63) is 69.9 Å². The molecule has 2 atom stereocenters. The maximum absolute atomic E-state index is 14.2. The normalized spacial score (nSPS) is 22.2. The Hall–Kier alpha value is -3.40. The average Bonchev–Trinajstić information content (AvgIpc) is 2.74. The molecule has 1 aliphatic carbocycles. The number of alkyl halides is 3. The van der Waals surface area contributed by atoms with E-state index in [1.807, 2.05) is 0 Å². The SMILES string of the molecule is CC=C1C[C@](O)(C(F)(F)F)[C@H](Nc2cccc3c(=O)n(C)ncc23)c2ccc(F)c(O)c21. The van der Waals surface area contributed by atoms with Crippen LogP contribution in [0.2, 0.25) is 0 Å². The molecule has 3 N–H and O–H groups in total. The molecule has 3 aromatic rings. The van der Waals surface area contributed by atoms with Crippen LogP contribution in [0.4, 0.5) is 23.2 Å². The van der Waals surface area contributed by atoms with Crippen molar-refractivity contribution in [2.45, 2.75) is 31.2 Å². The van der Waals surface area contributed by atoms with Gasteiger partial charge in [0.1, 0.15) is 0 Å². The van der Waals surface area contributed by atoms with Crippen molar-refractivity contribution in [2.75, 3.05) is 5.32 Å². The summed E-state index contributed by atoms with van der Waals surface area (Å²) in [5, 5.41) is 28.3. The molecule has 1 aromatic heterocycles. The number of halogens is 4. The third kappa shape index (κ3) is 3.13. The van der Waals surface area contributed by atoms with E-state index in [9.17, 15) is 32.6 Å². The first-order chi connectivity index (χ1) is 15.0. The van der Waals surface area contributed by atoms with Crippen LogP contribution < -0.4 is 10.9 Å². The maximum Gasteiger partial charge on any atom is 0.419 e. The van der Waals surface area contributed by atoms with Crippen molar-refractivity contribution < 1.29 is 27.8 Å². The predicted octanol–water partition coefficient (Wildman–Crippen LogP) is 4.03. The van der Waals surface area contributed by atoms with Gasteiger partial charge in [-0.1, -0.05) is 18.2 Å². The molecule has 168 valence electrons. The molecule has 10 heteroatoms. The highest BCUT2D eigenvalue weighted by Crippen LogP contribution is 2.54. The molecule has 4 rings (SSSR count). The molecule has 32 heavy (non-hydrogen) atoms. The fraction of sp³-hybridized carbons (Fsp3) is 0.273. The van der Waals surface area contributed by atoms with Gasteiger partial charge in [0.15, 0.2) is 17.2 Å². The van der Waals surface area contributed by atoms with Crippen molar-refractivity contribution in [1.29, 1.82) is 0 Å². The van der Waals surface area contributed by atoms with Crippen LogP contribution in [0, 0.1) is 5.82 Å². The summed E-state index contributed by atoms with van der Waals surface area (Å²) in [4.78, 5) is 12.4. The molecular weight excluding hydrogens is 430 g/mol. The van der Waals surface area contributed by atoms with Crippen molar-refractivity contribution in [3.8, 4) is 5.75 Å². The predicted molar refractivity (Wildman–Crippen MR) is 111 cm³/mol. The van der Waals surface area contributed by atoms with Crippen LogP contribution in [0.5, 0.6) is 5.75 Å². The molecule has 1 aliphatic rings. The highest BCUT2D eigenvalue weighted by Gasteiger charge is 2.61. The highest BCUT2D eigenvalue weighted by atomic mass is 19.4. The summed E-state index contributed by atoms with van der Waals surface area (Å²) in [6.45, 7) is 1.44. The fourth-order valence-electron chi connectivity index (χ4n) is 4.15. The molecule has 1 heterocycles. The van der Waals surface area contributed by atoms with E-state index in [2.05, 4.69) is 10.4 Å². The first-order valence-corrected chi connectivity index (χ1v) is 9.67. The number of hydrogen-bond donors (Lipinski definition) is 3. The molecule has 0 unspecified atom stereocenters. The third-order valence-corrected chi connectivity index (χ3v) is 5.86. The number of benzene rings is 2. The van der Waals surface area contributed by atoms with Crippen LogP contribution in [0.15, 0.2) is 47.4 Å². The van der Waals surface area contributed by atoms with Gasteiger partial charge in [0.25, 0.3) is 5.56 Å². The lowest BCUT2D eigenvalue weighted by molar-refractivity contribution is -0.265. The lowest BCUT2D eigenvalue weighted by Gasteiger charge is -2.44. The summed E-state index contributed by atoms with van der Waals surface area (Å²) in [7, 11) is 1.44. The quantitative estimate of drug-likeness (QED) is 0.515. The topological polar surface area (TPSA) is 87.4 Å². The highest BCUT2D eigenvalue weighted by molar-refractivity contribution is 5.93. The summed E-state index contributed by atoms with van der Waals surface area (Å²) >= 11 is 0. The van der Waals surface area contributed by atoms with Gasteiger partial charge in [0.2, 0.25) is 0 Å². The van der Waals surface area contributed by atoms with Gasteiger partial charge in [-0.05, 0) is 36.3 Å². The average molecular weight is 449 g/mol. The molecule has 0 aliphatic heterocycles. The number of aromatic nitrogens is 2. The van der Waals surface area contributed by atoms with Gasteiger partial charge in [-0.25, -0.2) is 9.07 Å². The minimum atomic E-state index is -5.07. The number of fused-ring (bicyclic) bond motifs is 2. The number of phenols is 1. The summed E-state index contributed by atoms with van der Waals surface area (Å²) < 4.78 is 57.7. The van der Waals surface area contributed by atoms with Crippen molar-refractivity contribution in [1.82, 2.24) is 9.78 Å². The minimum absolute atomic E-state index is 0.0386. The standard InChI is InChI=1S/C22H19F4N3O3/c1-3-11-9-21(32,22(24,25)26)19(13-7-8-15(23)18(30)17(11)13)28-16-6-4-5-12-14(16)10-27-29(2)20(12)31/h3-8,10,19,28,30,32H,9H2,1-2H3/t19-,21-/m1/s1. The van der Waals surface area contributed by atoms with E-state index in [-0.39, 0.29) is 33.2 Å². The van der Waals surface area contributed by atoms with Gasteiger partial charge in [-0.3, -0.25) is 4.79 Å². The lowest BCUT2D eigenvalue weighted by Crippen LogP contribution is -2.54. The number of aryl methyl sites for hydroxylation is 1. The Morgan fingerprint density at radius 2 is 1.97 bits per heavy atom. The Morgan fingerprint density at radius 1 is 1.25 bits per heavy atom. The number of aromatic hydroxyl groups is 1. The first-order valence-electron chi connectivity index (χ1n) is 9.67. The number of allylic oxidation sites excluding steroid dienone is 1. The zero-order valence-corrected chi connectivity index (χ0v) is 17.0. The smallest absolute Gasteiger partial charge is 0.419 e. The number of nitrogens with zero attached hydrogens (tertiary/aromatic N) is 2. The maximum atomic E-state index is 14.2. The number of anilines is 1. The molecule has 0 bridgehead atoms. The third-order valence-electron chi connectivity index (χ3n) is 5.86. The molecule has 0 spiro atoms. The summed E-state index contributed by atoms with van der Waals surface area (Å²) in [6, 6.07) is 4.59. The molecule has 6 nitrogen and oxygen atoms in total. The second kappa shape index (κ2) is 7.33. The Bertz CT molecular complexity index is 1320. The van der Waals surface area contributed by atoms with Crippen LogP contribution >= 0.6 is 0 Å². The van der Waals surface area contributed by atoms with E-state index >= 15 is 0 Å². The monoisotopic (exact) mass is 449 g/mol. The molecule has 0 saturated carbocycles. The van der Waals surface area contributed by atoms with E-state index in [4.69, 9.17) is 0 Å². The van der Waals surface area contributed by atoms with Gasteiger partial charge >= 0.3 is 6.18 Å². The zero-order chi connectivity index (χ0) is 23.4. The second-order valence-electron chi connectivity index (χ2n) is 7.69. The van der Waals surface area contributed by atoms with Crippen LogP contribution in [-0.2, 0) is 7.05 Å². The molecule has 2 aromatic carbocycles. The Kier molecular flexibility index (Phi) is 5.00. The Morgan fingerprint density at radius 3 is 2.62 bits per heavy atom. The van der Waals surface area contributed by atoms with Crippen LogP contribution in [0.3, 0.4) is 0 Å². The van der Waals surface area contributed by atoms with E-state index < -0.39 is 41.4 Å². The summed E-state index contributed by atoms with van der Waals surface area (Å²) in [5.74, 6) is -1.78. The van der Waals surface area contributed by atoms with Crippen molar-refractivity contribution in [3.63, 3.8) is 0 Å². The van der Waals surface area contributed by atoms with Crippen LogP contribution in [-0.4, -0.2) is 31.8 Å². The van der Waals surface area contributed by atoms with Crippen LogP contribution in [0.1, 0.15) is 30.5 Å². The first kappa shape index (κ1) is 21.8. The summed E-state index contributed by atoms with van der Waals surface area (Å²) in [5.41, 5.74) is -3.87. The van der Waals surface area contributed by atoms with Crippen molar-refractivity contribution in [2.24, 2.45) is 7.05 Å². The van der Waals surface area contributed by atoms with E-state index in [0.717, 1.165) is 16.8 Å². The van der Waals surface area contributed by atoms with Gasteiger partial charge < -0.3 is 15.5 Å². The van der Waals surface area contributed by atoms with Gasteiger partial charge in [0, 0.05) is 30.1 Å². The number of rotatable bonds is 2. The van der Waals surface area contributed by atoms with E-state index in [1.165, 1.54) is 44.4 Å². The molecule has 0 amide bonds. The van der Waals surface area contributed by atoms with Gasteiger partial charge in [-0.15, -0.1) is 0 Å². The fourth-order valence-corrected chi connectivity index (χ4v) is 4.15. The minimum Gasteiger partial charge on any atom is -0.504 e. The largest absolute Gasteiger partial charge is 0.504 e.